The van der Waals surface area contributed by atoms with Crippen LogP contribution in [0.15, 0.2) is 30.3 Å². The minimum atomic E-state index is 0.111. The van der Waals surface area contributed by atoms with Crippen LogP contribution in [0.1, 0.15) is 31.4 Å². The predicted molar refractivity (Wildman–Crippen MR) is 60.2 cm³/mol. The van der Waals surface area contributed by atoms with Gasteiger partial charge in [-0.3, -0.25) is 4.90 Å². The topological polar surface area (TPSA) is 27.0 Å². The molecule has 15 heavy (non-hydrogen) atoms. The molecule has 0 saturated carbocycles. The third-order valence-electron chi connectivity index (χ3n) is 3.22. The summed E-state index contributed by atoms with van der Waals surface area (Å²) in [6.07, 6.45) is 2.17. The van der Waals surface area contributed by atoms with Gasteiger partial charge >= 0.3 is 0 Å². The monoisotopic (exact) mass is 200 g/mol. The number of likely N-dealkylation sites (tertiary alicyclic amines) is 1. The highest BCUT2D eigenvalue weighted by Crippen LogP contribution is 2.28. The normalized spacial score (nSPS) is 23.6. The van der Waals surface area contributed by atoms with Crippen LogP contribution < -0.4 is 0 Å². The maximum absolute atomic E-state index is 9.04. The van der Waals surface area contributed by atoms with Crippen molar-refractivity contribution in [3.05, 3.63) is 35.9 Å². The van der Waals surface area contributed by atoms with Crippen LogP contribution in [0.25, 0.3) is 0 Å². The molecule has 0 bridgehead atoms. The van der Waals surface area contributed by atoms with Gasteiger partial charge in [0.2, 0.25) is 0 Å². The highest BCUT2D eigenvalue weighted by atomic mass is 15.2. The maximum Gasteiger partial charge on any atom is 0.0983 e. The molecule has 1 aliphatic rings. The molecule has 1 aromatic rings. The van der Waals surface area contributed by atoms with Crippen molar-refractivity contribution in [3.63, 3.8) is 0 Å². The summed E-state index contributed by atoms with van der Waals surface area (Å²) in [6.45, 7) is 3.24. The van der Waals surface area contributed by atoms with Gasteiger partial charge in [0, 0.05) is 12.6 Å². The first kappa shape index (κ1) is 10.2. The fourth-order valence-electron chi connectivity index (χ4n) is 2.31. The molecule has 0 spiro atoms. The van der Waals surface area contributed by atoms with Crippen LogP contribution in [0, 0.1) is 11.3 Å². The van der Waals surface area contributed by atoms with E-state index in [2.05, 4.69) is 42.2 Å². The van der Waals surface area contributed by atoms with Gasteiger partial charge in [-0.25, -0.2) is 0 Å². The fraction of sp³-hybridized carbons (Fsp3) is 0.462. The zero-order valence-corrected chi connectivity index (χ0v) is 9.06. The molecule has 2 heteroatoms. The summed E-state index contributed by atoms with van der Waals surface area (Å²) in [5, 5.41) is 9.04. The molecule has 0 aromatic heterocycles. The standard InChI is InChI=1S/C13H16N2/c1-11(12-6-3-2-4-7-12)15-9-5-8-13(15)10-14/h2-4,6-7,11,13H,5,8-9H2,1H3. The first-order valence-electron chi connectivity index (χ1n) is 5.53. The van der Waals surface area contributed by atoms with Gasteiger partial charge in [0.25, 0.3) is 0 Å². The maximum atomic E-state index is 9.04. The van der Waals surface area contributed by atoms with E-state index in [4.69, 9.17) is 5.26 Å². The van der Waals surface area contributed by atoms with E-state index in [1.165, 1.54) is 5.56 Å². The van der Waals surface area contributed by atoms with Crippen molar-refractivity contribution in [1.82, 2.24) is 4.90 Å². The molecule has 1 aromatic carbocycles. The molecule has 0 aliphatic carbocycles. The van der Waals surface area contributed by atoms with Gasteiger partial charge < -0.3 is 0 Å². The van der Waals surface area contributed by atoms with Gasteiger partial charge in [-0.05, 0) is 25.3 Å². The summed E-state index contributed by atoms with van der Waals surface area (Å²) in [5.74, 6) is 0. The predicted octanol–water partition coefficient (Wildman–Crippen LogP) is 2.74. The Bertz CT molecular complexity index is 353. The van der Waals surface area contributed by atoms with Crippen molar-refractivity contribution in [1.29, 1.82) is 5.26 Å². The zero-order chi connectivity index (χ0) is 10.7. The second kappa shape index (κ2) is 4.46. The number of nitriles is 1. The van der Waals surface area contributed by atoms with Gasteiger partial charge in [-0.1, -0.05) is 30.3 Å². The van der Waals surface area contributed by atoms with Gasteiger partial charge in [-0.15, -0.1) is 0 Å². The second-order valence-corrected chi connectivity index (χ2v) is 4.11. The summed E-state index contributed by atoms with van der Waals surface area (Å²) in [4.78, 5) is 2.30. The molecule has 0 radical (unpaired) electrons. The third kappa shape index (κ3) is 2.03. The van der Waals surface area contributed by atoms with Gasteiger partial charge in [0.15, 0.2) is 0 Å². The second-order valence-electron chi connectivity index (χ2n) is 4.11. The third-order valence-corrected chi connectivity index (χ3v) is 3.22. The fourth-order valence-corrected chi connectivity index (χ4v) is 2.31. The SMILES string of the molecule is CC(c1ccccc1)N1CCCC1C#N. The van der Waals surface area contributed by atoms with E-state index < -0.39 is 0 Å². The Labute approximate surface area is 91.1 Å². The molecule has 2 rings (SSSR count). The van der Waals surface area contributed by atoms with Crippen molar-refractivity contribution < 1.29 is 0 Å². The number of hydrogen-bond acceptors (Lipinski definition) is 2. The Morgan fingerprint density at radius 1 is 1.40 bits per heavy atom. The smallest absolute Gasteiger partial charge is 0.0983 e. The van der Waals surface area contributed by atoms with E-state index in [1.54, 1.807) is 0 Å². The van der Waals surface area contributed by atoms with Crippen LogP contribution in [-0.2, 0) is 0 Å². The average Bonchev–Trinajstić information content (AvgIpc) is 2.77. The molecule has 0 amide bonds. The Hall–Kier alpha value is -1.33. The molecule has 2 atom stereocenters. The van der Waals surface area contributed by atoms with Crippen LogP contribution in [0.2, 0.25) is 0 Å². The van der Waals surface area contributed by atoms with Crippen LogP contribution in [0.5, 0.6) is 0 Å². The largest absolute Gasteiger partial charge is 0.281 e. The van der Waals surface area contributed by atoms with Crippen molar-refractivity contribution >= 4 is 0 Å². The van der Waals surface area contributed by atoms with E-state index in [1.807, 2.05) is 6.07 Å². The number of rotatable bonds is 2. The Morgan fingerprint density at radius 2 is 2.13 bits per heavy atom. The lowest BCUT2D eigenvalue weighted by molar-refractivity contribution is 0.226. The molecule has 1 saturated heterocycles. The van der Waals surface area contributed by atoms with E-state index >= 15 is 0 Å². The molecule has 2 unspecified atom stereocenters. The Morgan fingerprint density at radius 3 is 2.80 bits per heavy atom. The van der Waals surface area contributed by atoms with E-state index in [-0.39, 0.29) is 6.04 Å². The number of benzene rings is 1. The Balaban J connectivity index is 2.15. The van der Waals surface area contributed by atoms with Crippen LogP contribution in [0.3, 0.4) is 0 Å². The van der Waals surface area contributed by atoms with Crippen molar-refractivity contribution in [3.8, 4) is 6.07 Å². The van der Waals surface area contributed by atoms with Crippen molar-refractivity contribution in [2.24, 2.45) is 0 Å². The van der Waals surface area contributed by atoms with E-state index in [9.17, 15) is 0 Å². The van der Waals surface area contributed by atoms with Crippen LogP contribution in [0.4, 0.5) is 0 Å². The summed E-state index contributed by atoms with van der Waals surface area (Å²) in [7, 11) is 0. The van der Waals surface area contributed by atoms with Crippen molar-refractivity contribution in [2.75, 3.05) is 6.54 Å². The summed E-state index contributed by atoms with van der Waals surface area (Å²) >= 11 is 0. The number of hydrogen-bond donors (Lipinski definition) is 0. The molecule has 0 N–H and O–H groups in total. The van der Waals surface area contributed by atoms with E-state index in [0.717, 1.165) is 19.4 Å². The molecule has 2 nitrogen and oxygen atoms in total. The molecule has 78 valence electrons. The molecule has 1 fully saturated rings. The Kier molecular flexibility index (Phi) is 3.03. The highest BCUT2D eigenvalue weighted by Gasteiger charge is 2.28. The summed E-state index contributed by atoms with van der Waals surface area (Å²) in [6, 6.07) is 13.3. The van der Waals surface area contributed by atoms with Crippen LogP contribution >= 0.6 is 0 Å². The lowest BCUT2D eigenvalue weighted by Crippen LogP contribution is -2.30. The summed E-state index contributed by atoms with van der Waals surface area (Å²) < 4.78 is 0. The van der Waals surface area contributed by atoms with Gasteiger partial charge in [0.1, 0.15) is 0 Å². The first-order chi connectivity index (χ1) is 7.33. The number of nitrogens with zero attached hydrogens (tertiary/aromatic N) is 2. The minimum Gasteiger partial charge on any atom is -0.281 e. The zero-order valence-electron chi connectivity index (χ0n) is 9.06. The van der Waals surface area contributed by atoms with Crippen molar-refractivity contribution in [2.45, 2.75) is 31.8 Å². The molecule has 1 heterocycles. The highest BCUT2D eigenvalue weighted by molar-refractivity contribution is 5.19. The molecule has 1 aliphatic heterocycles. The first-order valence-corrected chi connectivity index (χ1v) is 5.53. The summed E-state index contributed by atoms with van der Waals surface area (Å²) in [5.41, 5.74) is 1.31. The average molecular weight is 200 g/mol. The molecular formula is C13H16N2. The van der Waals surface area contributed by atoms with E-state index in [0.29, 0.717) is 6.04 Å². The lowest BCUT2D eigenvalue weighted by atomic mass is 10.1. The van der Waals surface area contributed by atoms with Crippen LogP contribution in [-0.4, -0.2) is 17.5 Å². The molecular weight excluding hydrogens is 184 g/mol. The lowest BCUT2D eigenvalue weighted by Gasteiger charge is -2.27. The van der Waals surface area contributed by atoms with Gasteiger partial charge in [-0.2, -0.15) is 5.26 Å². The minimum absolute atomic E-state index is 0.111. The van der Waals surface area contributed by atoms with Gasteiger partial charge in [0.05, 0.1) is 12.1 Å². The quantitative estimate of drug-likeness (QED) is 0.734.